The summed E-state index contributed by atoms with van der Waals surface area (Å²) in [6, 6.07) is 27.0. The number of aliphatic imine (C=N–C) groups is 1. The molecule has 2 atom stereocenters. The number of halogens is 2. The lowest BCUT2D eigenvalue weighted by atomic mass is 9.84. The zero-order valence-electron chi connectivity index (χ0n) is 18.9. The number of fused-ring (bicyclic) bond motifs is 1. The number of rotatable bonds is 7. The number of hydrogen-bond donors (Lipinski definition) is 1. The lowest BCUT2D eigenvalue weighted by Gasteiger charge is -2.32. The summed E-state index contributed by atoms with van der Waals surface area (Å²) in [7, 11) is 0. The second-order valence-corrected chi connectivity index (χ2v) is 9.29. The quantitative estimate of drug-likeness (QED) is 0.302. The van der Waals surface area contributed by atoms with Crippen LogP contribution >= 0.6 is 23.2 Å². The summed E-state index contributed by atoms with van der Waals surface area (Å²) in [6.45, 7) is 0.562. The van der Waals surface area contributed by atoms with E-state index in [4.69, 9.17) is 28.2 Å². The van der Waals surface area contributed by atoms with E-state index in [1.807, 2.05) is 66.7 Å². The van der Waals surface area contributed by atoms with Crippen molar-refractivity contribution < 1.29 is 4.79 Å². The smallest absolute Gasteiger partial charge is 0.231 e. The van der Waals surface area contributed by atoms with Crippen LogP contribution in [-0.2, 0) is 11.2 Å². The molecule has 2 unspecified atom stereocenters. The van der Waals surface area contributed by atoms with Gasteiger partial charge in [0, 0.05) is 12.6 Å². The molecule has 0 saturated carbocycles. The van der Waals surface area contributed by atoms with Crippen molar-refractivity contribution in [2.75, 3.05) is 6.54 Å². The predicted molar refractivity (Wildman–Crippen MR) is 141 cm³/mol. The van der Waals surface area contributed by atoms with Gasteiger partial charge < -0.3 is 5.32 Å². The van der Waals surface area contributed by atoms with E-state index < -0.39 is 12.0 Å². The molecule has 5 rings (SSSR count). The van der Waals surface area contributed by atoms with Crippen LogP contribution in [-0.4, -0.2) is 27.9 Å². The van der Waals surface area contributed by atoms with E-state index in [1.165, 1.54) is 5.56 Å². The normalized spacial score (nSPS) is 16.9. The summed E-state index contributed by atoms with van der Waals surface area (Å²) >= 11 is 12.6. The first-order valence-corrected chi connectivity index (χ1v) is 12.3. The molecule has 1 N–H and O–H groups in total. The van der Waals surface area contributed by atoms with Gasteiger partial charge in [0.05, 0.1) is 28.0 Å². The maximum atomic E-state index is 13.8. The molecule has 0 aliphatic carbocycles. The maximum absolute atomic E-state index is 13.8. The lowest BCUT2D eigenvalue weighted by molar-refractivity contribution is -0.123. The molecule has 7 heteroatoms. The molecule has 35 heavy (non-hydrogen) atoms. The van der Waals surface area contributed by atoms with Gasteiger partial charge in [0.15, 0.2) is 5.82 Å². The SMILES string of the molecule is O=C(NCCCc1ccccc1)C1C(c2ccccc2)=Nc2ccnn2C1c1ccc(Cl)c(Cl)c1. The Morgan fingerprint density at radius 1 is 0.914 bits per heavy atom. The molecule has 1 amide bonds. The van der Waals surface area contributed by atoms with Gasteiger partial charge in [0.1, 0.15) is 5.92 Å². The predicted octanol–water partition coefficient (Wildman–Crippen LogP) is 6.28. The van der Waals surface area contributed by atoms with Crippen molar-refractivity contribution in [1.82, 2.24) is 15.1 Å². The third-order valence-corrected chi connectivity index (χ3v) is 6.92. The van der Waals surface area contributed by atoms with E-state index in [-0.39, 0.29) is 5.91 Å². The standard InChI is InChI=1S/C28H24Cl2N4O/c29-22-14-13-21(18-23(22)30)27-25(28(35)31-16-7-10-19-8-3-1-4-9-19)26(20-11-5-2-6-12-20)33-24-15-17-32-34(24)27/h1-6,8-9,11-15,17-18,25,27H,7,10,16H2,(H,31,35). The first kappa shape index (κ1) is 23.3. The maximum Gasteiger partial charge on any atom is 0.231 e. The fraction of sp³-hybridized carbons (Fsp3) is 0.179. The Bertz CT molecular complexity index is 1350. The summed E-state index contributed by atoms with van der Waals surface area (Å²) < 4.78 is 1.79. The minimum atomic E-state index is -0.598. The number of carbonyl (C=O) groups excluding carboxylic acids is 1. The Hall–Kier alpha value is -3.41. The number of benzene rings is 3. The highest BCUT2D eigenvalue weighted by atomic mass is 35.5. The highest BCUT2D eigenvalue weighted by Crippen LogP contribution is 2.39. The van der Waals surface area contributed by atoms with Crippen molar-refractivity contribution in [3.63, 3.8) is 0 Å². The van der Waals surface area contributed by atoms with Crippen molar-refractivity contribution >= 4 is 40.6 Å². The molecule has 1 aromatic heterocycles. The topological polar surface area (TPSA) is 59.3 Å². The average Bonchev–Trinajstić information content (AvgIpc) is 3.37. The summed E-state index contributed by atoms with van der Waals surface area (Å²) in [6.07, 6.45) is 3.43. The summed E-state index contributed by atoms with van der Waals surface area (Å²) in [5.41, 5.74) is 3.70. The summed E-state index contributed by atoms with van der Waals surface area (Å²) in [5.74, 6) is -0.00953. The molecule has 0 bridgehead atoms. The zero-order chi connectivity index (χ0) is 24.2. The van der Waals surface area contributed by atoms with Gasteiger partial charge in [-0.25, -0.2) is 9.67 Å². The van der Waals surface area contributed by atoms with E-state index in [1.54, 1.807) is 16.9 Å². The van der Waals surface area contributed by atoms with E-state index in [0.29, 0.717) is 28.1 Å². The molecule has 176 valence electrons. The Labute approximate surface area is 214 Å². The van der Waals surface area contributed by atoms with Crippen LogP contribution in [0.25, 0.3) is 0 Å². The van der Waals surface area contributed by atoms with Crippen molar-refractivity contribution in [3.05, 3.63) is 118 Å². The van der Waals surface area contributed by atoms with Crippen LogP contribution in [0.4, 0.5) is 5.82 Å². The number of aromatic nitrogens is 2. The van der Waals surface area contributed by atoms with E-state index >= 15 is 0 Å². The zero-order valence-corrected chi connectivity index (χ0v) is 20.5. The molecule has 4 aromatic rings. The molecule has 0 radical (unpaired) electrons. The van der Waals surface area contributed by atoms with Gasteiger partial charge in [-0.2, -0.15) is 5.10 Å². The van der Waals surface area contributed by atoms with Gasteiger partial charge in [-0.05, 0) is 41.7 Å². The Balaban J connectivity index is 1.48. The van der Waals surface area contributed by atoms with Crippen LogP contribution in [0.15, 0.2) is 96.1 Å². The van der Waals surface area contributed by atoms with Crippen molar-refractivity contribution in [2.45, 2.75) is 18.9 Å². The largest absolute Gasteiger partial charge is 0.355 e. The van der Waals surface area contributed by atoms with E-state index in [2.05, 4.69) is 22.5 Å². The highest BCUT2D eigenvalue weighted by Gasteiger charge is 2.40. The summed E-state index contributed by atoms with van der Waals surface area (Å²) in [4.78, 5) is 18.6. The van der Waals surface area contributed by atoms with Crippen LogP contribution in [0, 0.1) is 5.92 Å². The molecular formula is C28H24Cl2N4O. The summed E-state index contributed by atoms with van der Waals surface area (Å²) in [5, 5.41) is 8.57. The molecule has 5 nitrogen and oxygen atoms in total. The van der Waals surface area contributed by atoms with Crippen LogP contribution in [0.3, 0.4) is 0 Å². The number of nitrogens with one attached hydrogen (secondary N) is 1. The van der Waals surface area contributed by atoms with Crippen molar-refractivity contribution in [1.29, 1.82) is 0 Å². The monoisotopic (exact) mass is 502 g/mol. The van der Waals surface area contributed by atoms with Gasteiger partial charge >= 0.3 is 0 Å². The van der Waals surface area contributed by atoms with Gasteiger partial charge in [-0.1, -0.05) is 89.9 Å². The second-order valence-electron chi connectivity index (χ2n) is 8.47. The molecule has 0 fully saturated rings. The Morgan fingerprint density at radius 2 is 1.66 bits per heavy atom. The van der Waals surface area contributed by atoms with Crippen LogP contribution in [0.1, 0.15) is 29.2 Å². The average molecular weight is 503 g/mol. The molecule has 3 aromatic carbocycles. The van der Waals surface area contributed by atoms with Crippen molar-refractivity contribution in [3.8, 4) is 0 Å². The fourth-order valence-corrected chi connectivity index (χ4v) is 4.81. The third kappa shape index (κ3) is 5.02. The first-order valence-electron chi connectivity index (χ1n) is 11.6. The third-order valence-electron chi connectivity index (χ3n) is 6.18. The number of amides is 1. The van der Waals surface area contributed by atoms with Gasteiger partial charge in [0.2, 0.25) is 5.91 Å². The minimum absolute atomic E-state index is 0.0992. The Kier molecular flexibility index (Phi) is 6.98. The fourth-order valence-electron chi connectivity index (χ4n) is 4.50. The second kappa shape index (κ2) is 10.5. The molecule has 2 heterocycles. The Morgan fingerprint density at radius 3 is 2.40 bits per heavy atom. The van der Waals surface area contributed by atoms with Gasteiger partial charge in [0.25, 0.3) is 0 Å². The van der Waals surface area contributed by atoms with Crippen LogP contribution in [0.5, 0.6) is 0 Å². The minimum Gasteiger partial charge on any atom is -0.355 e. The van der Waals surface area contributed by atoms with Gasteiger partial charge in [-0.15, -0.1) is 0 Å². The van der Waals surface area contributed by atoms with E-state index in [9.17, 15) is 4.79 Å². The van der Waals surface area contributed by atoms with Crippen LogP contribution in [0.2, 0.25) is 10.0 Å². The molecule has 1 aliphatic heterocycles. The number of hydrogen-bond acceptors (Lipinski definition) is 3. The lowest BCUT2D eigenvalue weighted by Crippen LogP contribution is -2.43. The molecule has 0 saturated heterocycles. The molecular weight excluding hydrogens is 479 g/mol. The van der Waals surface area contributed by atoms with E-state index in [0.717, 1.165) is 24.0 Å². The highest BCUT2D eigenvalue weighted by molar-refractivity contribution is 6.42. The first-order chi connectivity index (χ1) is 17.1. The number of carbonyl (C=O) groups is 1. The van der Waals surface area contributed by atoms with Gasteiger partial charge in [-0.3, -0.25) is 4.79 Å². The molecule has 1 aliphatic rings. The number of aryl methyl sites for hydroxylation is 1. The number of nitrogens with zero attached hydrogens (tertiary/aromatic N) is 3. The molecule has 0 spiro atoms. The van der Waals surface area contributed by atoms with Crippen molar-refractivity contribution in [2.24, 2.45) is 10.9 Å². The van der Waals surface area contributed by atoms with Crippen LogP contribution < -0.4 is 5.32 Å².